The summed E-state index contributed by atoms with van der Waals surface area (Å²) in [6, 6.07) is 16.4. The van der Waals surface area contributed by atoms with Crippen molar-refractivity contribution >= 4 is 5.91 Å². The lowest BCUT2D eigenvalue weighted by molar-refractivity contribution is -0.0240. The Bertz CT molecular complexity index is 938. The number of fused-ring (bicyclic) bond motifs is 1. The van der Waals surface area contributed by atoms with Crippen LogP contribution in [-0.4, -0.2) is 48.3 Å². The molecule has 1 aliphatic heterocycles. The topological polar surface area (TPSA) is 82.8 Å². The van der Waals surface area contributed by atoms with E-state index in [-0.39, 0.29) is 23.8 Å². The first-order valence-corrected chi connectivity index (χ1v) is 9.87. The van der Waals surface area contributed by atoms with E-state index in [1.807, 2.05) is 29.2 Å². The van der Waals surface area contributed by atoms with Gasteiger partial charge in [-0.05, 0) is 48.9 Å². The Labute approximate surface area is 170 Å². The molecule has 6 nitrogen and oxygen atoms in total. The van der Waals surface area contributed by atoms with Crippen molar-refractivity contribution in [1.29, 1.82) is 5.26 Å². The zero-order valence-electron chi connectivity index (χ0n) is 16.3. The number of methoxy groups -OCH3 is 1. The van der Waals surface area contributed by atoms with Crippen LogP contribution in [-0.2, 0) is 0 Å². The normalized spacial score (nSPS) is 25.8. The molecule has 6 heteroatoms. The highest BCUT2D eigenvalue weighted by atomic mass is 16.5. The summed E-state index contributed by atoms with van der Waals surface area (Å²) >= 11 is 0. The monoisotopic (exact) mass is 392 g/mol. The summed E-state index contributed by atoms with van der Waals surface area (Å²) in [7, 11) is 1.59. The molecule has 0 bridgehead atoms. The number of likely N-dealkylation sites (tertiary alicyclic amines) is 1. The van der Waals surface area contributed by atoms with E-state index < -0.39 is 6.10 Å². The number of aliphatic hydroxyl groups excluding tert-OH is 1. The Balaban J connectivity index is 1.46. The summed E-state index contributed by atoms with van der Waals surface area (Å²) in [4.78, 5) is 14.8. The third-order valence-corrected chi connectivity index (χ3v) is 6.00. The average Bonchev–Trinajstić information content (AvgIpc) is 3.16. The maximum absolute atomic E-state index is 13.0. The van der Waals surface area contributed by atoms with Crippen molar-refractivity contribution in [3.05, 3.63) is 59.7 Å². The molecule has 0 spiro atoms. The maximum atomic E-state index is 13.0. The van der Waals surface area contributed by atoms with Gasteiger partial charge in [-0.1, -0.05) is 24.3 Å². The van der Waals surface area contributed by atoms with Crippen molar-refractivity contribution in [2.45, 2.75) is 25.0 Å². The maximum Gasteiger partial charge on any atom is 0.255 e. The number of hydrogen-bond acceptors (Lipinski definition) is 5. The molecule has 29 heavy (non-hydrogen) atoms. The third-order valence-electron chi connectivity index (χ3n) is 6.00. The molecule has 0 unspecified atom stereocenters. The van der Waals surface area contributed by atoms with Crippen LogP contribution in [0.25, 0.3) is 0 Å². The predicted molar refractivity (Wildman–Crippen MR) is 107 cm³/mol. The molecule has 2 aliphatic rings. The summed E-state index contributed by atoms with van der Waals surface area (Å²) < 4.78 is 11.4. The Morgan fingerprint density at radius 3 is 2.45 bits per heavy atom. The summed E-state index contributed by atoms with van der Waals surface area (Å²) in [5.74, 6) is 1.63. The van der Waals surface area contributed by atoms with Gasteiger partial charge in [0.25, 0.3) is 5.91 Å². The molecule has 1 saturated carbocycles. The van der Waals surface area contributed by atoms with Crippen LogP contribution in [0.2, 0.25) is 0 Å². The number of para-hydroxylation sites is 2. The Morgan fingerprint density at radius 1 is 1.07 bits per heavy atom. The summed E-state index contributed by atoms with van der Waals surface area (Å²) in [5, 5.41) is 19.9. The van der Waals surface area contributed by atoms with Gasteiger partial charge in [0.15, 0.2) is 11.5 Å². The number of carbonyl (C=O) groups excluding carboxylic acids is 1. The standard InChI is InChI=1S/C23H24N2O4/c1-28-20-8-4-5-9-21(20)29-22-11-17-14-25(13-16(17)10-19(22)26)23(27)18-7-3-2-6-15(18)12-24/h2-9,16-17,19,22,26H,10-11,13-14H2,1H3/t16-,17+,19+,22+/m0/s1. The molecule has 150 valence electrons. The van der Waals surface area contributed by atoms with Crippen molar-refractivity contribution in [2.24, 2.45) is 11.8 Å². The van der Waals surface area contributed by atoms with Crippen LogP contribution in [0.5, 0.6) is 11.5 Å². The van der Waals surface area contributed by atoms with Crippen molar-refractivity contribution in [1.82, 2.24) is 4.90 Å². The molecule has 2 aromatic carbocycles. The van der Waals surface area contributed by atoms with Crippen molar-refractivity contribution in [3.63, 3.8) is 0 Å². The number of hydrogen-bond donors (Lipinski definition) is 1. The first-order chi connectivity index (χ1) is 14.1. The number of carbonyl (C=O) groups is 1. The average molecular weight is 392 g/mol. The summed E-state index contributed by atoms with van der Waals surface area (Å²) in [6.45, 7) is 1.21. The van der Waals surface area contributed by atoms with E-state index in [2.05, 4.69) is 6.07 Å². The zero-order valence-corrected chi connectivity index (χ0v) is 16.3. The second kappa shape index (κ2) is 8.14. The highest BCUT2D eigenvalue weighted by Crippen LogP contribution is 2.39. The van der Waals surface area contributed by atoms with Crippen molar-refractivity contribution in [2.75, 3.05) is 20.2 Å². The summed E-state index contributed by atoms with van der Waals surface area (Å²) in [5.41, 5.74) is 0.834. The van der Waals surface area contributed by atoms with E-state index in [0.717, 1.165) is 0 Å². The predicted octanol–water partition coefficient (Wildman–Crippen LogP) is 2.86. The van der Waals surface area contributed by atoms with E-state index >= 15 is 0 Å². The van der Waals surface area contributed by atoms with E-state index in [0.29, 0.717) is 48.6 Å². The van der Waals surface area contributed by atoms with E-state index in [9.17, 15) is 15.2 Å². The lowest BCUT2D eigenvalue weighted by atomic mass is 9.78. The quantitative estimate of drug-likeness (QED) is 0.865. The van der Waals surface area contributed by atoms with Gasteiger partial charge >= 0.3 is 0 Å². The molecule has 1 heterocycles. The van der Waals surface area contributed by atoms with Gasteiger partial charge in [0.05, 0.1) is 30.4 Å². The fourth-order valence-corrected chi connectivity index (χ4v) is 4.50. The number of nitriles is 1. The molecule has 1 amide bonds. The van der Waals surface area contributed by atoms with Gasteiger partial charge in [-0.3, -0.25) is 4.79 Å². The van der Waals surface area contributed by atoms with Gasteiger partial charge in [-0.25, -0.2) is 0 Å². The molecular weight excluding hydrogens is 368 g/mol. The fraction of sp³-hybridized carbons (Fsp3) is 0.391. The number of ether oxygens (including phenoxy) is 2. The van der Waals surface area contributed by atoms with Gasteiger partial charge in [-0.2, -0.15) is 5.26 Å². The number of amides is 1. The Hall–Kier alpha value is -3.04. The first-order valence-electron chi connectivity index (χ1n) is 9.87. The smallest absolute Gasteiger partial charge is 0.255 e. The van der Waals surface area contributed by atoms with Gasteiger partial charge < -0.3 is 19.5 Å². The van der Waals surface area contributed by atoms with Crippen LogP contribution >= 0.6 is 0 Å². The number of rotatable bonds is 4. The Kier molecular flexibility index (Phi) is 5.41. The van der Waals surface area contributed by atoms with Crippen molar-refractivity contribution in [3.8, 4) is 17.6 Å². The lowest BCUT2D eigenvalue weighted by Gasteiger charge is -2.35. The fourth-order valence-electron chi connectivity index (χ4n) is 4.50. The van der Waals surface area contributed by atoms with E-state index in [1.54, 1.807) is 31.4 Å². The molecule has 0 radical (unpaired) electrons. The molecule has 2 aromatic rings. The second-order valence-corrected chi connectivity index (χ2v) is 7.73. The largest absolute Gasteiger partial charge is 0.493 e. The third kappa shape index (κ3) is 3.79. The van der Waals surface area contributed by atoms with Crippen LogP contribution < -0.4 is 9.47 Å². The van der Waals surface area contributed by atoms with Crippen molar-refractivity contribution < 1.29 is 19.4 Å². The summed E-state index contributed by atoms with van der Waals surface area (Å²) in [6.07, 6.45) is 0.332. The van der Waals surface area contributed by atoms with Gasteiger partial charge in [-0.15, -0.1) is 0 Å². The van der Waals surface area contributed by atoms with Crippen LogP contribution in [0, 0.1) is 23.2 Å². The van der Waals surface area contributed by atoms with Crippen LogP contribution in [0.4, 0.5) is 0 Å². The molecule has 4 atom stereocenters. The molecule has 1 aliphatic carbocycles. The SMILES string of the molecule is COc1ccccc1O[C@@H]1C[C@@H]2CN(C(=O)c3ccccc3C#N)C[C@@H]2C[C@H]1O. The van der Waals surface area contributed by atoms with Gasteiger partial charge in [0.1, 0.15) is 6.10 Å². The van der Waals surface area contributed by atoms with Gasteiger partial charge in [0, 0.05) is 13.1 Å². The minimum Gasteiger partial charge on any atom is -0.493 e. The molecule has 1 saturated heterocycles. The molecule has 2 fully saturated rings. The first kappa shape index (κ1) is 19.3. The minimum absolute atomic E-state index is 0.117. The second-order valence-electron chi connectivity index (χ2n) is 7.73. The van der Waals surface area contributed by atoms with Gasteiger partial charge in [0.2, 0.25) is 0 Å². The minimum atomic E-state index is -0.595. The zero-order chi connectivity index (χ0) is 20.4. The van der Waals surface area contributed by atoms with E-state index in [4.69, 9.17) is 9.47 Å². The van der Waals surface area contributed by atoms with Crippen LogP contribution in [0.15, 0.2) is 48.5 Å². The molecule has 0 aromatic heterocycles. The number of benzene rings is 2. The molecule has 4 rings (SSSR count). The van der Waals surface area contributed by atoms with Crippen LogP contribution in [0.3, 0.4) is 0 Å². The number of aliphatic hydroxyl groups is 1. The van der Waals surface area contributed by atoms with Crippen LogP contribution in [0.1, 0.15) is 28.8 Å². The Morgan fingerprint density at radius 2 is 1.72 bits per heavy atom. The molecule has 1 N–H and O–H groups in total. The molecular formula is C23H24N2O4. The highest BCUT2D eigenvalue weighted by Gasteiger charge is 2.44. The van der Waals surface area contributed by atoms with E-state index in [1.165, 1.54) is 0 Å². The lowest BCUT2D eigenvalue weighted by Crippen LogP contribution is -2.42. The number of nitrogens with zero attached hydrogens (tertiary/aromatic N) is 2. The highest BCUT2D eigenvalue weighted by molar-refractivity contribution is 5.96.